The Morgan fingerprint density at radius 1 is 1.79 bits per heavy atom. The smallest absolute Gasteiger partial charge is 0.253 e. The van der Waals surface area contributed by atoms with Crippen LogP contribution in [-0.2, 0) is 0 Å². The molecule has 1 aromatic rings. The molecule has 0 aliphatic rings. The van der Waals surface area contributed by atoms with Crippen LogP contribution in [0.25, 0.3) is 0 Å². The number of nitrogens with two attached hydrogens (primary N) is 1. The van der Waals surface area contributed by atoms with Crippen LogP contribution in [0, 0.1) is 0 Å². The summed E-state index contributed by atoms with van der Waals surface area (Å²) < 4.78 is 0.759. The Bertz CT molecular complexity index is 364. The lowest BCUT2D eigenvalue weighted by atomic mass is 10.3. The van der Waals surface area contributed by atoms with E-state index in [0.717, 1.165) is 3.79 Å². The number of carbonyl (C=O) groups is 1. The molecule has 0 radical (unpaired) electrons. The number of rotatable bonds is 3. The third kappa shape index (κ3) is 2.71. The number of amidine groups is 1. The number of hydrogen-bond acceptors (Lipinski definition) is 4. The number of oxime groups is 1. The van der Waals surface area contributed by atoms with Crippen LogP contribution in [0.15, 0.2) is 20.4 Å². The third-order valence-corrected chi connectivity index (χ3v) is 3.11. The van der Waals surface area contributed by atoms with Gasteiger partial charge >= 0.3 is 0 Å². The Kier molecular flexibility index (Phi) is 3.90. The Balaban J connectivity index is 2.56. The Hall–Kier alpha value is -1.08. The van der Waals surface area contributed by atoms with Gasteiger partial charge in [0.15, 0.2) is 5.84 Å². The molecule has 0 fully saturated rings. The van der Waals surface area contributed by atoms with E-state index in [1.807, 2.05) is 0 Å². The van der Waals surface area contributed by atoms with Crippen LogP contribution in [0.1, 0.15) is 10.4 Å². The molecular weight excluding hydrogens is 270 g/mol. The number of thiophene rings is 1. The van der Waals surface area contributed by atoms with Crippen LogP contribution in [0.5, 0.6) is 0 Å². The van der Waals surface area contributed by atoms with Crippen molar-refractivity contribution in [3.63, 3.8) is 0 Å². The number of halogens is 1. The zero-order valence-electron chi connectivity index (χ0n) is 7.03. The number of carbonyl (C=O) groups excluding carboxylic acids is 1. The topological polar surface area (TPSA) is 87.7 Å². The van der Waals surface area contributed by atoms with Gasteiger partial charge in [-0.1, -0.05) is 5.16 Å². The van der Waals surface area contributed by atoms with Crippen molar-refractivity contribution in [1.82, 2.24) is 5.32 Å². The van der Waals surface area contributed by atoms with Crippen molar-refractivity contribution in [2.24, 2.45) is 10.9 Å². The van der Waals surface area contributed by atoms with Gasteiger partial charge in [-0.05, 0) is 27.4 Å². The Morgan fingerprint density at radius 3 is 3.00 bits per heavy atom. The molecule has 0 unspecified atom stereocenters. The summed E-state index contributed by atoms with van der Waals surface area (Å²) in [5.74, 6) is -0.297. The monoisotopic (exact) mass is 277 g/mol. The highest BCUT2D eigenvalue weighted by Crippen LogP contribution is 2.22. The van der Waals surface area contributed by atoms with E-state index >= 15 is 0 Å². The van der Waals surface area contributed by atoms with E-state index in [0.29, 0.717) is 5.56 Å². The fraction of sp³-hybridized carbons (Fsp3) is 0.143. The third-order valence-electron chi connectivity index (χ3n) is 1.42. The van der Waals surface area contributed by atoms with Crippen LogP contribution < -0.4 is 11.1 Å². The van der Waals surface area contributed by atoms with Crippen LogP contribution in [0.3, 0.4) is 0 Å². The summed E-state index contributed by atoms with van der Waals surface area (Å²) in [7, 11) is 0. The van der Waals surface area contributed by atoms with E-state index in [9.17, 15) is 4.79 Å². The van der Waals surface area contributed by atoms with E-state index in [1.165, 1.54) is 11.3 Å². The van der Waals surface area contributed by atoms with E-state index in [-0.39, 0.29) is 18.3 Å². The average Bonchev–Trinajstić information content (AvgIpc) is 2.60. The van der Waals surface area contributed by atoms with Crippen molar-refractivity contribution in [2.45, 2.75) is 0 Å². The predicted molar refractivity (Wildman–Crippen MR) is 57.8 cm³/mol. The standard InChI is InChI=1S/C7H8BrN3O2S/c8-6-4(1-2-14-6)7(12)10-3-5(9)11-13/h1-2,13H,3H2,(H2,9,11)(H,10,12). The van der Waals surface area contributed by atoms with Gasteiger partial charge in [-0.3, -0.25) is 4.79 Å². The lowest BCUT2D eigenvalue weighted by molar-refractivity contribution is 0.0959. The highest BCUT2D eigenvalue weighted by atomic mass is 79.9. The molecule has 1 aromatic heterocycles. The first-order valence-corrected chi connectivity index (χ1v) is 5.30. The zero-order valence-corrected chi connectivity index (χ0v) is 9.43. The molecule has 0 aliphatic heterocycles. The first-order valence-electron chi connectivity index (χ1n) is 3.62. The van der Waals surface area contributed by atoms with Gasteiger partial charge in [0.05, 0.1) is 15.9 Å². The minimum Gasteiger partial charge on any atom is -0.409 e. The van der Waals surface area contributed by atoms with Crippen molar-refractivity contribution in [3.05, 3.63) is 20.8 Å². The van der Waals surface area contributed by atoms with Crippen molar-refractivity contribution >= 4 is 39.0 Å². The number of amides is 1. The second-order valence-electron chi connectivity index (χ2n) is 2.38. The summed E-state index contributed by atoms with van der Waals surface area (Å²) in [4.78, 5) is 11.4. The molecule has 0 saturated heterocycles. The highest BCUT2D eigenvalue weighted by molar-refractivity contribution is 9.11. The molecule has 5 nitrogen and oxygen atoms in total. The molecule has 1 amide bonds. The molecule has 0 bridgehead atoms. The van der Waals surface area contributed by atoms with Crippen molar-refractivity contribution in [1.29, 1.82) is 0 Å². The van der Waals surface area contributed by atoms with Gasteiger partial charge in [0, 0.05) is 0 Å². The summed E-state index contributed by atoms with van der Waals surface area (Å²) in [6.45, 7) is 0.0254. The van der Waals surface area contributed by atoms with Gasteiger partial charge in [0.1, 0.15) is 0 Å². The molecule has 1 rings (SSSR count). The molecule has 0 aromatic carbocycles. The van der Waals surface area contributed by atoms with Crippen LogP contribution in [-0.4, -0.2) is 23.5 Å². The van der Waals surface area contributed by atoms with E-state index in [4.69, 9.17) is 10.9 Å². The summed E-state index contributed by atoms with van der Waals surface area (Å²) in [5, 5.41) is 15.3. The maximum absolute atomic E-state index is 11.4. The molecule has 7 heteroatoms. The zero-order chi connectivity index (χ0) is 10.6. The lowest BCUT2D eigenvalue weighted by Crippen LogP contribution is -2.33. The molecule has 0 spiro atoms. The van der Waals surface area contributed by atoms with Gasteiger partial charge in [0.25, 0.3) is 5.91 Å². The second kappa shape index (κ2) is 4.97. The predicted octanol–water partition coefficient (Wildman–Crippen LogP) is 0.987. The van der Waals surface area contributed by atoms with Crippen LogP contribution in [0.4, 0.5) is 0 Å². The molecule has 0 saturated carbocycles. The summed E-state index contributed by atoms with van der Waals surface area (Å²) in [6, 6.07) is 1.69. The molecule has 0 aliphatic carbocycles. The van der Waals surface area contributed by atoms with Gasteiger partial charge in [-0.25, -0.2) is 0 Å². The molecule has 14 heavy (non-hydrogen) atoms. The fourth-order valence-electron chi connectivity index (χ4n) is 0.757. The van der Waals surface area contributed by atoms with Crippen molar-refractivity contribution in [3.8, 4) is 0 Å². The Morgan fingerprint density at radius 2 is 2.50 bits per heavy atom. The Labute approximate surface area is 92.7 Å². The SMILES string of the molecule is N/C(CNC(=O)c1ccsc1Br)=N/O. The van der Waals surface area contributed by atoms with Gasteiger partial charge in [0.2, 0.25) is 0 Å². The normalized spacial score (nSPS) is 11.4. The summed E-state index contributed by atoms with van der Waals surface area (Å²) in [6.07, 6.45) is 0. The second-order valence-corrected chi connectivity index (χ2v) is 4.62. The molecule has 0 atom stereocenters. The maximum atomic E-state index is 11.4. The summed E-state index contributed by atoms with van der Waals surface area (Å²) >= 11 is 4.66. The van der Waals surface area contributed by atoms with E-state index in [1.54, 1.807) is 11.4 Å². The van der Waals surface area contributed by atoms with Crippen LogP contribution >= 0.6 is 27.3 Å². The van der Waals surface area contributed by atoms with Gasteiger partial charge in [-0.15, -0.1) is 11.3 Å². The minimum absolute atomic E-state index is 0.0254. The maximum Gasteiger partial charge on any atom is 0.253 e. The van der Waals surface area contributed by atoms with Gasteiger partial charge < -0.3 is 16.3 Å². The largest absolute Gasteiger partial charge is 0.409 e. The van der Waals surface area contributed by atoms with Crippen LogP contribution in [0.2, 0.25) is 0 Å². The van der Waals surface area contributed by atoms with E-state index in [2.05, 4.69) is 26.4 Å². The van der Waals surface area contributed by atoms with Gasteiger partial charge in [-0.2, -0.15) is 0 Å². The number of nitrogens with zero attached hydrogens (tertiary/aromatic N) is 1. The number of hydrogen-bond donors (Lipinski definition) is 3. The molecule has 4 N–H and O–H groups in total. The fourth-order valence-corrected chi connectivity index (χ4v) is 2.00. The molecular formula is C7H8BrN3O2S. The molecule has 1 heterocycles. The van der Waals surface area contributed by atoms with Crippen molar-refractivity contribution < 1.29 is 10.0 Å². The summed E-state index contributed by atoms with van der Waals surface area (Å²) in [5.41, 5.74) is 5.73. The quantitative estimate of drug-likeness (QED) is 0.333. The average molecular weight is 278 g/mol. The lowest BCUT2D eigenvalue weighted by Gasteiger charge is -2.02. The van der Waals surface area contributed by atoms with Crippen molar-refractivity contribution in [2.75, 3.05) is 6.54 Å². The molecule has 76 valence electrons. The first kappa shape index (κ1) is 11.0. The minimum atomic E-state index is -0.260. The highest BCUT2D eigenvalue weighted by Gasteiger charge is 2.10. The number of nitrogens with one attached hydrogen (secondary N) is 1. The van der Waals surface area contributed by atoms with E-state index < -0.39 is 0 Å². The first-order chi connectivity index (χ1) is 6.65.